The topological polar surface area (TPSA) is 0 Å². The zero-order valence-electron chi connectivity index (χ0n) is 11.5. The van der Waals surface area contributed by atoms with Crippen LogP contribution in [0.1, 0.15) is 73.3 Å². The van der Waals surface area contributed by atoms with Gasteiger partial charge in [-0.15, -0.1) is 11.3 Å². The van der Waals surface area contributed by atoms with E-state index in [9.17, 15) is 0 Å². The van der Waals surface area contributed by atoms with Crippen molar-refractivity contribution in [3.8, 4) is 0 Å². The van der Waals surface area contributed by atoms with Gasteiger partial charge in [-0.05, 0) is 60.5 Å². The first kappa shape index (κ1) is 11.8. The lowest BCUT2D eigenvalue weighted by Gasteiger charge is -2.30. The van der Waals surface area contributed by atoms with Crippen LogP contribution in [0.4, 0.5) is 0 Å². The van der Waals surface area contributed by atoms with Crippen LogP contribution in [0.3, 0.4) is 0 Å². The number of hydrogen-bond donors (Lipinski definition) is 0. The molecule has 4 unspecified atom stereocenters. The fourth-order valence-corrected chi connectivity index (χ4v) is 6.06. The molecule has 3 rings (SSSR count). The molecule has 0 radical (unpaired) electrons. The summed E-state index contributed by atoms with van der Waals surface area (Å²) in [5.41, 5.74) is 3.56. The summed E-state index contributed by atoms with van der Waals surface area (Å²) in [5, 5.41) is 0. The van der Waals surface area contributed by atoms with Gasteiger partial charge in [0, 0.05) is 9.75 Å². The van der Waals surface area contributed by atoms with Gasteiger partial charge in [0.25, 0.3) is 0 Å². The number of hydrogen-bond acceptors (Lipinski definition) is 1. The Labute approximate surface area is 109 Å². The van der Waals surface area contributed by atoms with Crippen LogP contribution in [0.25, 0.3) is 0 Å². The summed E-state index contributed by atoms with van der Waals surface area (Å²) in [6, 6.07) is 0. The predicted octanol–water partition coefficient (Wildman–Crippen LogP) is 5.12. The van der Waals surface area contributed by atoms with Gasteiger partial charge in [0.15, 0.2) is 0 Å². The summed E-state index contributed by atoms with van der Waals surface area (Å²) in [6.07, 6.45) is 5.49. The van der Waals surface area contributed by atoms with Crippen molar-refractivity contribution < 1.29 is 0 Å². The smallest absolute Gasteiger partial charge is 0.00884 e. The van der Waals surface area contributed by atoms with Crippen molar-refractivity contribution in [2.45, 2.75) is 65.2 Å². The van der Waals surface area contributed by atoms with Crippen LogP contribution in [-0.4, -0.2) is 0 Å². The second kappa shape index (κ2) is 4.12. The summed E-state index contributed by atoms with van der Waals surface area (Å²) in [4.78, 5) is 3.48. The van der Waals surface area contributed by atoms with Crippen molar-refractivity contribution in [3.05, 3.63) is 20.9 Å². The molecule has 1 heteroatoms. The van der Waals surface area contributed by atoms with E-state index >= 15 is 0 Å². The van der Waals surface area contributed by atoms with Crippen molar-refractivity contribution in [3.63, 3.8) is 0 Å². The molecular weight excluding hydrogens is 224 g/mol. The second-order valence-corrected chi connectivity index (χ2v) is 7.86. The number of fused-ring (bicyclic) bond motifs is 3. The number of rotatable bonds is 0. The highest BCUT2D eigenvalue weighted by Crippen LogP contribution is 2.49. The molecule has 0 N–H and O–H groups in total. The van der Waals surface area contributed by atoms with Gasteiger partial charge in [-0.2, -0.15) is 0 Å². The lowest BCUT2D eigenvalue weighted by molar-refractivity contribution is 0.430. The molecule has 0 saturated carbocycles. The molecule has 1 aromatic heterocycles. The maximum Gasteiger partial charge on any atom is 0.00884 e. The summed E-state index contributed by atoms with van der Waals surface area (Å²) in [6.45, 7) is 9.74. The van der Waals surface area contributed by atoms with E-state index in [2.05, 4.69) is 39.0 Å². The summed E-state index contributed by atoms with van der Waals surface area (Å²) in [7, 11) is 0. The Hall–Kier alpha value is -0.300. The lowest BCUT2D eigenvalue weighted by atomic mass is 9.74. The van der Waals surface area contributed by atoms with Crippen molar-refractivity contribution >= 4 is 11.3 Å². The molecule has 1 heterocycles. The average Bonchev–Trinajstić information content (AvgIpc) is 2.55. The minimum Gasteiger partial charge on any atom is -0.145 e. The van der Waals surface area contributed by atoms with E-state index < -0.39 is 0 Å². The van der Waals surface area contributed by atoms with Crippen LogP contribution < -0.4 is 0 Å². The fraction of sp³-hybridized carbons (Fsp3) is 0.750. The maximum absolute atomic E-state index is 2.45. The molecule has 0 saturated heterocycles. The van der Waals surface area contributed by atoms with Gasteiger partial charge in [-0.25, -0.2) is 0 Å². The van der Waals surface area contributed by atoms with Crippen molar-refractivity contribution in [2.75, 3.05) is 0 Å². The molecular formula is C16H24S. The summed E-state index contributed by atoms with van der Waals surface area (Å²) >= 11 is 2.15. The monoisotopic (exact) mass is 248 g/mol. The van der Waals surface area contributed by atoms with Gasteiger partial charge in [0.2, 0.25) is 0 Å². The van der Waals surface area contributed by atoms with E-state index in [4.69, 9.17) is 0 Å². The third-order valence-electron chi connectivity index (χ3n) is 4.70. The van der Waals surface area contributed by atoms with Gasteiger partial charge >= 0.3 is 0 Å². The molecule has 0 aliphatic heterocycles. The normalized spacial score (nSPS) is 36.5. The first-order chi connectivity index (χ1) is 8.06. The third kappa shape index (κ3) is 1.87. The second-order valence-electron chi connectivity index (χ2n) is 6.67. The third-order valence-corrected chi connectivity index (χ3v) is 5.97. The van der Waals surface area contributed by atoms with Crippen LogP contribution in [0, 0.1) is 11.8 Å². The molecule has 17 heavy (non-hydrogen) atoms. The van der Waals surface area contributed by atoms with Gasteiger partial charge in [0.1, 0.15) is 0 Å². The SMILES string of the molecule is CC1Cc2sc3c(c2C(C)C1)C(C)CC(C)C3. The Morgan fingerprint density at radius 3 is 1.59 bits per heavy atom. The molecule has 0 spiro atoms. The Kier molecular flexibility index (Phi) is 2.85. The zero-order chi connectivity index (χ0) is 12.2. The first-order valence-electron chi connectivity index (χ1n) is 7.20. The van der Waals surface area contributed by atoms with Crippen LogP contribution in [0.5, 0.6) is 0 Å². The van der Waals surface area contributed by atoms with Crippen molar-refractivity contribution in [2.24, 2.45) is 11.8 Å². The highest BCUT2D eigenvalue weighted by molar-refractivity contribution is 7.12. The molecule has 0 amide bonds. The standard InChI is InChI=1S/C16H24S/c1-9-5-11(3)15-13(7-9)17-14-8-10(2)6-12(4)16(14)15/h9-12H,5-8H2,1-4H3. The average molecular weight is 248 g/mol. The van der Waals surface area contributed by atoms with Crippen LogP contribution >= 0.6 is 11.3 Å². The van der Waals surface area contributed by atoms with Crippen LogP contribution in [0.2, 0.25) is 0 Å². The van der Waals surface area contributed by atoms with E-state index in [-0.39, 0.29) is 0 Å². The van der Waals surface area contributed by atoms with E-state index in [1.165, 1.54) is 25.7 Å². The van der Waals surface area contributed by atoms with Crippen molar-refractivity contribution in [1.29, 1.82) is 0 Å². The lowest BCUT2D eigenvalue weighted by Crippen LogP contribution is -2.18. The molecule has 0 nitrogen and oxygen atoms in total. The Bertz CT molecular complexity index is 390. The molecule has 1 aromatic rings. The summed E-state index contributed by atoms with van der Waals surface area (Å²) < 4.78 is 0. The fourth-order valence-electron chi connectivity index (χ4n) is 4.19. The van der Waals surface area contributed by atoms with E-state index in [0.29, 0.717) is 0 Å². The number of thiophene rings is 1. The van der Waals surface area contributed by atoms with Gasteiger partial charge in [-0.1, -0.05) is 27.7 Å². The van der Waals surface area contributed by atoms with Gasteiger partial charge < -0.3 is 0 Å². The molecule has 0 bridgehead atoms. The molecule has 2 aliphatic rings. The predicted molar refractivity (Wildman–Crippen MR) is 76.1 cm³/mol. The largest absolute Gasteiger partial charge is 0.145 e. The van der Waals surface area contributed by atoms with E-state index in [1.54, 1.807) is 20.9 Å². The molecule has 4 atom stereocenters. The molecule has 0 aromatic carbocycles. The minimum absolute atomic E-state index is 0.810. The highest BCUT2D eigenvalue weighted by atomic mass is 32.1. The van der Waals surface area contributed by atoms with E-state index in [1.807, 2.05) is 0 Å². The summed E-state index contributed by atoms with van der Waals surface area (Å²) in [5.74, 6) is 3.41. The molecule has 94 valence electrons. The van der Waals surface area contributed by atoms with Crippen molar-refractivity contribution in [1.82, 2.24) is 0 Å². The Balaban J connectivity index is 2.09. The molecule has 0 fully saturated rings. The molecule has 2 aliphatic carbocycles. The van der Waals surface area contributed by atoms with Crippen LogP contribution in [-0.2, 0) is 12.8 Å². The minimum atomic E-state index is 0.810. The Morgan fingerprint density at radius 1 is 0.765 bits per heavy atom. The van der Waals surface area contributed by atoms with Gasteiger partial charge in [0.05, 0.1) is 0 Å². The van der Waals surface area contributed by atoms with E-state index in [0.717, 1.165) is 23.7 Å². The zero-order valence-corrected chi connectivity index (χ0v) is 12.4. The quantitative estimate of drug-likeness (QED) is 0.598. The highest BCUT2D eigenvalue weighted by Gasteiger charge is 2.33. The van der Waals surface area contributed by atoms with Gasteiger partial charge in [-0.3, -0.25) is 0 Å². The first-order valence-corrected chi connectivity index (χ1v) is 8.02. The van der Waals surface area contributed by atoms with Crippen LogP contribution in [0.15, 0.2) is 0 Å². The maximum atomic E-state index is 2.45. The Morgan fingerprint density at radius 2 is 1.18 bits per heavy atom.